The first kappa shape index (κ1) is 21.4. The number of ether oxygens (including phenoxy) is 1. The van der Waals surface area contributed by atoms with Crippen molar-refractivity contribution in [3.05, 3.63) is 59.2 Å². The van der Waals surface area contributed by atoms with E-state index < -0.39 is 16.0 Å². The van der Waals surface area contributed by atoms with Crippen molar-refractivity contribution in [1.82, 2.24) is 4.83 Å². The molecule has 0 aromatic heterocycles. The minimum atomic E-state index is -3.76. The number of sulfonamides is 1. The molecular formula is C19H22N2O6S. The number of aliphatic carboxylic acids is 1. The summed E-state index contributed by atoms with van der Waals surface area (Å²) in [6, 6.07) is 11.2. The molecule has 0 atom stereocenters. The summed E-state index contributed by atoms with van der Waals surface area (Å²) < 4.78 is 29.8. The molecule has 0 spiro atoms. The van der Waals surface area contributed by atoms with E-state index in [4.69, 9.17) is 9.84 Å². The monoisotopic (exact) mass is 406 g/mol. The molecule has 0 saturated carbocycles. The van der Waals surface area contributed by atoms with E-state index in [9.17, 15) is 18.3 Å². The lowest BCUT2D eigenvalue weighted by Gasteiger charge is -2.10. The average Bonchev–Trinajstić information content (AvgIpc) is 2.66. The highest BCUT2D eigenvalue weighted by atomic mass is 32.2. The largest absolute Gasteiger partial charge is 0.493 e. The molecule has 0 unspecified atom stereocenters. The number of aliphatic hydroxyl groups is 1. The molecule has 2 aromatic rings. The van der Waals surface area contributed by atoms with E-state index in [1.54, 1.807) is 30.3 Å². The molecule has 0 radical (unpaired) electrons. The van der Waals surface area contributed by atoms with Crippen molar-refractivity contribution in [1.29, 1.82) is 0 Å². The first-order valence-corrected chi connectivity index (χ1v) is 10.00. The molecule has 0 amide bonds. The average molecular weight is 406 g/mol. The van der Waals surface area contributed by atoms with Crippen LogP contribution < -0.4 is 9.57 Å². The van der Waals surface area contributed by atoms with Crippen molar-refractivity contribution in [2.24, 2.45) is 5.10 Å². The van der Waals surface area contributed by atoms with E-state index in [1.807, 2.05) is 6.92 Å². The smallest absolute Gasteiger partial charge is 0.303 e. The first-order valence-electron chi connectivity index (χ1n) is 8.52. The fraction of sp³-hybridized carbons (Fsp3) is 0.263. The van der Waals surface area contributed by atoms with Crippen LogP contribution in [0.3, 0.4) is 0 Å². The van der Waals surface area contributed by atoms with Gasteiger partial charge in [0.1, 0.15) is 5.75 Å². The molecule has 9 heteroatoms. The van der Waals surface area contributed by atoms with E-state index in [0.29, 0.717) is 23.3 Å². The zero-order valence-electron chi connectivity index (χ0n) is 15.3. The van der Waals surface area contributed by atoms with Crippen LogP contribution in [0, 0.1) is 6.92 Å². The fourth-order valence-corrected chi connectivity index (χ4v) is 3.08. The van der Waals surface area contributed by atoms with Crippen molar-refractivity contribution in [3.8, 4) is 5.75 Å². The summed E-state index contributed by atoms with van der Waals surface area (Å²) in [6.07, 6.45) is 1.67. The Morgan fingerprint density at radius 2 is 1.93 bits per heavy atom. The standard InChI is InChI=1S/C19H22N2O6S/c1-14-4-7-17(8-5-14)28(25,26)21-20-12-15-6-9-18(16(11-15)13-22)27-10-2-3-19(23)24/h4-9,11-12,21-22H,2-3,10,13H2,1H3,(H,23,24)/b20-12-. The minimum absolute atomic E-state index is 0.000323. The van der Waals surface area contributed by atoms with Crippen LogP contribution in [0.25, 0.3) is 0 Å². The number of carboxylic acids is 1. The summed E-state index contributed by atoms with van der Waals surface area (Å²) in [5, 5.41) is 21.9. The zero-order chi connectivity index (χ0) is 20.6. The first-order chi connectivity index (χ1) is 13.3. The number of nitrogens with one attached hydrogen (secondary N) is 1. The van der Waals surface area contributed by atoms with E-state index >= 15 is 0 Å². The topological polar surface area (TPSA) is 125 Å². The van der Waals surface area contributed by atoms with Crippen LogP contribution >= 0.6 is 0 Å². The summed E-state index contributed by atoms with van der Waals surface area (Å²) in [6.45, 7) is 1.79. The predicted octanol–water partition coefficient (Wildman–Crippen LogP) is 2.04. The van der Waals surface area contributed by atoms with Gasteiger partial charge in [-0.05, 0) is 49.2 Å². The van der Waals surface area contributed by atoms with Gasteiger partial charge in [-0.25, -0.2) is 4.83 Å². The van der Waals surface area contributed by atoms with Crippen molar-refractivity contribution in [3.63, 3.8) is 0 Å². The summed E-state index contributed by atoms with van der Waals surface area (Å²) in [4.78, 5) is 12.7. The Hall–Kier alpha value is -2.91. The van der Waals surface area contributed by atoms with Gasteiger partial charge < -0.3 is 14.9 Å². The molecule has 0 bridgehead atoms. The maximum atomic E-state index is 12.2. The van der Waals surface area contributed by atoms with Gasteiger partial charge in [0.15, 0.2) is 0 Å². The molecule has 28 heavy (non-hydrogen) atoms. The van der Waals surface area contributed by atoms with Gasteiger partial charge in [-0.2, -0.15) is 13.5 Å². The minimum Gasteiger partial charge on any atom is -0.493 e. The number of hydrogen-bond acceptors (Lipinski definition) is 6. The third-order valence-corrected chi connectivity index (χ3v) is 5.00. The lowest BCUT2D eigenvalue weighted by molar-refractivity contribution is -0.137. The van der Waals surface area contributed by atoms with Crippen LogP contribution in [-0.2, 0) is 21.4 Å². The second kappa shape index (κ2) is 9.86. The Morgan fingerprint density at radius 3 is 2.57 bits per heavy atom. The van der Waals surface area contributed by atoms with Gasteiger partial charge in [0.2, 0.25) is 0 Å². The van der Waals surface area contributed by atoms with Crippen LogP contribution in [-0.4, -0.2) is 37.4 Å². The Morgan fingerprint density at radius 1 is 1.21 bits per heavy atom. The van der Waals surface area contributed by atoms with E-state index in [2.05, 4.69) is 9.93 Å². The summed E-state index contributed by atoms with van der Waals surface area (Å²) in [7, 11) is -3.76. The highest BCUT2D eigenvalue weighted by molar-refractivity contribution is 7.89. The van der Waals surface area contributed by atoms with Crippen LogP contribution in [0.1, 0.15) is 29.5 Å². The third kappa shape index (κ3) is 6.36. The van der Waals surface area contributed by atoms with Gasteiger partial charge in [-0.15, -0.1) is 0 Å². The number of carbonyl (C=O) groups is 1. The van der Waals surface area contributed by atoms with E-state index in [-0.39, 0.29) is 24.5 Å². The number of hydrogen-bond donors (Lipinski definition) is 3. The quantitative estimate of drug-likeness (QED) is 0.315. The lowest BCUT2D eigenvalue weighted by Crippen LogP contribution is -2.18. The molecule has 0 aliphatic heterocycles. The van der Waals surface area contributed by atoms with Gasteiger partial charge in [-0.3, -0.25) is 4.79 Å². The van der Waals surface area contributed by atoms with Crippen molar-refractivity contribution >= 4 is 22.2 Å². The van der Waals surface area contributed by atoms with Crippen LogP contribution in [0.15, 0.2) is 52.5 Å². The Labute approximate surface area is 163 Å². The number of hydrazone groups is 1. The molecule has 2 rings (SSSR count). The Balaban J connectivity index is 2.01. The Bertz CT molecular complexity index is 939. The molecule has 150 valence electrons. The SMILES string of the molecule is Cc1ccc(S(=O)(=O)N/N=C\c2ccc(OCCCC(=O)O)c(CO)c2)cc1. The van der Waals surface area contributed by atoms with E-state index in [1.165, 1.54) is 18.3 Å². The molecule has 0 saturated heterocycles. The molecule has 0 heterocycles. The zero-order valence-corrected chi connectivity index (χ0v) is 16.1. The second-order valence-corrected chi connectivity index (χ2v) is 7.70. The molecule has 0 aliphatic carbocycles. The summed E-state index contributed by atoms with van der Waals surface area (Å²) >= 11 is 0. The molecule has 8 nitrogen and oxygen atoms in total. The van der Waals surface area contributed by atoms with Crippen LogP contribution in [0.5, 0.6) is 5.75 Å². The number of nitrogens with zero attached hydrogens (tertiary/aromatic N) is 1. The fourth-order valence-electron chi connectivity index (χ4n) is 2.29. The highest BCUT2D eigenvalue weighted by Gasteiger charge is 2.12. The molecule has 3 N–H and O–H groups in total. The number of rotatable bonds is 10. The summed E-state index contributed by atoms with van der Waals surface area (Å²) in [5.74, 6) is -0.462. The van der Waals surface area contributed by atoms with Crippen LogP contribution in [0.2, 0.25) is 0 Å². The maximum Gasteiger partial charge on any atom is 0.303 e. The molecule has 0 aliphatic rings. The van der Waals surface area contributed by atoms with E-state index in [0.717, 1.165) is 5.56 Å². The summed E-state index contributed by atoms with van der Waals surface area (Å²) in [5.41, 5.74) is 2.00. The van der Waals surface area contributed by atoms with Crippen molar-refractivity contribution in [2.75, 3.05) is 6.61 Å². The number of carboxylic acid groups (broad SMARTS) is 1. The number of benzene rings is 2. The normalized spacial score (nSPS) is 11.5. The number of aryl methyl sites for hydroxylation is 1. The second-order valence-electron chi connectivity index (χ2n) is 6.04. The third-order valence-electron chi connectivity index (χ3n) is 3.77. The van der Waals surface area contributed by atoms with Gasteiger partial charge in [0.25, 0.3) is 10.0 Å². The number of aliphatic hydroxyl groups excluding tert-OH is 1. The molecule has 0 fully saturated rings. The van der Waals surface area contributed by atoms with Gasteiger partial charge in [0, 0.05) is 12.0 Å². The van der Waals surface area contributed by atoms with Gasteiger partial charge in [0.05, 0.1) is 24.3 Å². The Kier molecular flexibility index (Phi) is 7.53. The predicted molar refractivity (Wildman–Crippen MR) is 104 cm³/mol. The van der Waals surface area contributed by atoms with Gasteiger partial charge >= 0.3 is 5.97 Å². The molecular weight excluding hydrogens is 384 g/mol. The van der Waals surface area contributed by atoms with Crippen molar-refractivity contribution in [2.45, 2.75) is 31.3 Å². The highest BCUT2D eigenvalue weighted by Crippen LogP contribution is 2.20. The maximum absolute atomic E-state index is 12.2. The van der Waals surface area contributed by atoms with Gasteiger partial charge in [-0.1, -0.05) is 17.7 Å². The lowest BCUT2D eigenvalue weighted by atomic mass is 10.1. The molecule has 2 aromatic carbocycles. The van der Waals surface area contributed by atoms with Crippen LogP contribution in [0.4, 0.5) is 0 Å². The van der Waals surface area contributed by atoms with Crippen molar-refractivity contribution < 1.29 is 28.2 Å².